The van der Waals surface area contributed by atoms with Crippen molar-refractivity contribution in [1.82, 2.24) is 0 Å². The fourth-order valence-corrected chi connectivity index (χ4v) is 2.04. The molecule has 22 heavy (non-hydrogen) atoms. The summed E-state index contributed by atoms with van der Waals surface area (Å²) < 4.78 is 0. The largest absolute Gasteiger partial charge is 0.393 e. The summed E-state index contributed by atoms with van der Waals surface area (Å²) in [7, 11) is 0. The van der Waals surface area contributed by atoms with Crippen molar-refractivity contribution < 1.29 is 14.6 Å². The van der Waals surface area contributed by atoms with Crippen molar-refractivity contribution >= 4 is 28.5 Å². The topological polar surface area (TPSA) is 155 Å². The van der Waals surface area contributed by atoms with Crippen molar-refractivity contribution in [2.45, 2.75) is 0 Å². The maximum atomic E-state index is 12.5. The lowest BCUT2D eigenvalue weighted by molar-refractivity contribution is -0.384. The highest BCUT2D eigenvalue weighted by molar-refractivity contribution is 6.15. The molecule has 0 aliphatic heterocycles. The van der Waals surface area contributed by atoms with Gasteiger partial charge in [-0.2, -0.15) is 0 Å². The summed E-state index contributed by atoms with van der Waals surface area (Å²) in [6.07, 6.45) is 0. The van der Waals surface area contributed by atoms with Crippen LogP contribution in [-0.4, -0.2) is 15.6 Å². The Balaban J connectivity index is 2.70. The van der Waals surface area contributed by atoms with Gasteiger partial charge in [0.05, 0.1) is 9.85 Å². The Hall–Kier alpha value is -3.49. The lowest BCUT2D eigenvalue weighted by Crippen LogP contribution is -2.10. The highest BCUT2D eigenvalue weighted by atomic mass is 16.6. The highest BCUT2D eigenvalue weighted by Gasteiger charge is 2.29. The van der Waals surface area contributed by atoms with Crippen LogP contribution < -0.4 is 11.5 Å². The first-order valence-corrected chi connectivity index (χ1v) is 5.95. The van der Waals surface area contributed by atoms with E-state index in [4.69, 9.17) is 11.5 Å². The normalized spacial score (nSPS) is 10.2. The Bertz CT molecular complexity index is 738. The molecule has 0 unspecified atom stereocenters. The van der Waals surface area contributed by atoms with E-state index in [9.17, 15) is 25.0 Å². The minimum atomic E-state index is -0.891. The number of nitrogens with zero attached hydrogens (tertiary/aromatic N) is 2. The molecule has 9 nitrogen and oxygen atoms in total. The van der Waals surface area contributed by atoms with Crippen LogP contribution in [0, 0.1) is 20.2 Å². The minimum absolute atomic E-state index is 0.206. The number of carbonyl (C=O) groups is 1. The highest BCUT2D eigenvalue weighted by Crippen LogP contribution is 2.32. The van der Waals surface area contributed by atoms with Crippen molar-refractivity contribution in [3.63, 3.8) is 0 Å². The smallest absolute Gasteiger partial charge is 0.303 e. The zero-order valence-corrected chi connectivity index (χ0v) is 11.1. The van der Waals surface area contributed by atoms with Gasteiger partial charge < -0.3 is 11.5 Å². The van der Waals surface area contributed by atoms with Gasteiger partial charge in [-0.05, 0) is 24.3 Å². The number of nitrogens with two attached hydrogens (primary N) is 2. The second kappa shape index (κ2) is 5.48. The van der Waals surface area contributed by atoms with Crippen LogP contribution in [0.3, 0.4) is 0 Å². The van der Waals surface area contributed by atoms with Gasteiger partial charge in [-0.15, -0.1) is 0 Å². The molecular formula is C13H10N4O5. The van der Waals surface area contributed by atoms with Crippen LogP contribution in [0.2, 0.25) is 0 Å². The van der Waals surface area contributed by atoms with Gasteiger partial charge in [0.15, 0.2) is 0 Å². The Kier molecular flexibility index (Phi) is 3.71. The van der Waals surface area contributed by atoms with E-state index in [2.05, 4.69) is 0 Å². The summed E-state index contributed by atoms with van der Waals surface area (Å²) in [5, 5.41) is 22.2. The monoisotopic (exact) mass is 302 g/mol. The molecule has 0 radical (unpaired) electrons. The molecule has 0 aliphatic carbocycles. The summed E-state index contributed by atoms with van der Waals surface area (Å²) in [6, 6.07) is 7.61. The van der Waals surface area contributed by atoms with Gasteiger partial charge in [-0.3, -0.25) is 25.0 Å². The molecule has 0 heterocycles. The maximum Gasteiger partial charge on any atom is 0.303 e. The van der Waals surface area contributed by atoms with Crippen LogP contribution in [0.25, 0.3) is 0 Å². The Morgan fingerprint density at radius 2 is 1.18 bits per heavy atom. The molecule has 2 aromatic rings. The molecule has 4 N–H and O–H groups in total. The van der Waals surface area contributed by atoms with Gasteiger partial charge in [0.25, 0.3) is 0 Å². The molecule has 0 amide bonds. The Morgan fingerprint density at radius 3 is 1.50 bits per heavy atom. The first-order valence-electron chi connectivity index (χ1n) is 5.95. The molecule has 2 rings (SSSR count). The number of para-hydroxylation sites is 2. The van der Waals surface area contributed by atoms with E-state index < -0.39 is 27.0 Å². The van der Waals surface area contributed by atoms with Crippen molar-refractivity contribution in [3.8, 4) is 0 Å². The second-order valence-corrected chi connectivity index (χ2v) is 4.33. The second-order valence-electron chi connectivity index (χ2n) is 4.33. The van der Waals surface area contributed by atoms with Crippen LogP contribution in [0.4, 0.5) is 22.7 Å². The number of ketones is 1. The number of anilines is 2. The van der Waals surface area contributed by atoms with Crippen LogP contribution in [-0.2, 0) is 0 Å². The molecule has 112 valence electrons. The number of hydrogen-bond donors (Lipinski definition) is 2. The van der Waals surface area contributed by atoms with Crippen molar-refractivity contribution in [1.29, 1.82) is 0 Å². The molecule has 0 spiro atoms. The maximum absolute atomic E-state index is 12.5. The van der Waals surface area contributed by atoms with E-state index in [1.165, 1.54) is 36.4 Å². The van der Waals surface area contributed by atoms with Gasteiger partial charge >= 0.3 is 11.4 Å². The number of nitrogen functional groups attached to an aromatic ring is 2. The standard InChI is InChI=1S/C13H10N4O5/c14-9-5-1-3-7(11(9)16(19)20)13(18)8-4-2-6-10(15)12(8)17(21)22/h1-6H,14-15H2. The third-order valence-corrected chi connectivity index (χ3v) is 2.99. The van der Waals surface area contributed by atoms with Crippen molar-refractivity contribution in [2.24, 2.45) is 0 Å². The Labute approximate surface area is 123 Å². The quantitative estimate of drug-likeness (QED) is 0.378. The van der Waals surface area contributed by atoms with E-state index in [1.807, 2.05) is 0 Å². The fourth-order valence-electron chi connectivity index (χ4n) is 2.04. The molecule has 0 saturated heterocycles. The lowest BCUT2D eigenvalue weighted by Gasteiger charge is -2.06. The van der Waals surface area contributed by atoms with Crippen molar-refractivity contribution in [2.75, 3.05) is 11.5 Å². The summed E-state index contributed by atoms with van der Waals surface area (Å²) in [5.74, 6) is -0.891. The van der Waals surface area contributed by atoms with Crippen LogP contribution >= 0.6 is 0 Å². The first-order chi connectivity index (χ1) is 10.3. The van der Waals surface area contributed by atoms with E-state index in [0.717, 1.165) is 0 Å². The zero-order chi connectivity index (χ0) is 16.4. The lowest BCUT2D eigenvalue weighted by atomic mass is 9.99. The van der Waals surface area contributed by atoms with Crippen molar-refractivity contribution in [3.05, 3.63) is 67.8 Å². The Morgan fingerprint density at radius 1 is 0.818 bits per heavy atom. The third-order valence-electron chi connectivity index (χ3n) is 2.99. The molecule has 9 heteroatoms. The summed E-state index contributed by atoms with van der Waals surface area (Å²) in [6.45, 7) is 0. The molecule has 0 aliphatic rings. The average Bonchev–Trinajstić information content (AvgIpc) is 2.45. The van der Waals surface area contributed by atoms with E-state index in [0.29, 0.717) is 0 Å². The molecule has 0 bridgehead atoms. The van der Waals surface area contributed by atoms with Gasteiger partial charge in [0.2, 0.25) is 5.78 Å². The predicted molar refractivity (Wildman–Crippen MR) is 78.5 cm³/mol. The van der Waals surface area contributed by atoms with Crippen LogP contribution in [0.5, 0.6) is 0 Å². The van der Waals surface area contributed by atoms with Gasteiger partial charge in [-0.25, -0.2) is 0 Å². The van der Waals surface area contributed by atoms with Gasteiger partial charge in [-0.1, -0.05) is 12.1 Å². The van der Waals surface area contributed by atoms with E-state index in [1.54, 1.807) is 0 Å². The molecule has 0 aromatic heterocycles. The van der Waals surface area contributed by atoms with E-state index >= 15 is 0 Å². The average molecular weight is 302 g/mol. The molecular weight excluding hydrogens is 292 g/mol. The number of nitro benzene ring substituents is 2. The number of benzene rings is 2. The zero-order valence-electron chi connectivity index (χ0n) is 11.1. The molecule has 0 saturated carbocycles. The SMILES string of the molecule is Nc1cccc(C(=O)c2cccc(N)c2[N+](=O)[O-])c1[N+](=O)[O-]. The van der Waals surface area contributed by atoms with Crippen LogP contribution in [0.15, 0.2) is 36.4 Å². The molecule has 0 atom stereocenters. The predicted octanol–water partition coefficient (Wildman–Crippen LogP) is 1.90. The molecule has 2 aromatic carbocycles. The molecule has 0 fully saturated rings. The number of nitro groups is 2. The summed E-state index contributed by atoms with van der Waals surface area (Å²) in [5.41, 5.74) is 8.76. The number of hydrogen-bond acceptors (Lipinski definition) is 7. The number of carbonyl (C=O) groups excluding carboxylic acids is 1. The minimum Gasteiger partial charge on any atom is -0.393 e. The van der Waals surface area contributed by atoms with Gasteiger partial charge in [0, 0.05) is 0 Å². The first kappa shape index (κ1) is 14.9. The van der Waals surface area contributed by atoms with Crippen LogP contribution in [0.1, 0.15) is 15.9 Å². The van der Waals surface area contributed by atoms with Gasteiger partial charge in [0.1, 0.15) is 22.5 Å². The summed E-state index contributed by atoms with van der Waals surface area (Å²) in [4.78, 5) is 33.0. The fraction of sp³-hybridized carbons (Fsp3) is 0. The third kappa shape index (κ3) is 2.42. The number of rotatable bonds is 4. The summed E-state index contributed by atoms with van der Waals surface area (Å²) >= 11 is 0. The van der Waals surface area contributed by atoms with E-state index in [-0.39, 0.29) is 22.5 Å².